The molecule has 0 aromatic heterocycles. The lowest BCUT2D eigenvalue weighted by atomic mass is 10.4. The van der Waals surface area contributed by atoms with Crippen LogP contribution in [-0.2, 0) is 9.59 Å². The van der Waals surface area contributed by atoms with Gasteiger partial charge in [-0.1, -0.05) is 6.92 Å². The van der Waals surface area contributed by atoms with Gasteiger partial charge in [-0.05, 0) is 0 Å². The van der Waals surface area contributed by atoms with E-state index in [0.717, 1.165) is 0 Å². The molecule has 0 aromatic rings. The first-order valence-electron chi connectivity index (χ1n) is 3.24. The second-order valence-corrected chi connectivity index (χ2v) is 1.86. The number of hydrogen-bond acceptors (Lipinski definition) is 4. The summed E-state index contributed by atoms with van der Waals surface area (Å²) < 4.78 is 0. The first kappa shape index (κ1) is 10.4. The molecule has 0 amide bonds. The van der Waals surface area contributed by atoms with Gasteiger partial charge in [-0.15, -0.1) is 0 Å². The van der Waals surface area contributed by atoms with E-state index in [2.05, 4.69) is 10.9 Å². The van der Waals surface area contributed by atoms with Gasteiger partial charge in [-0.3, -0.25) is 0 Å². The van der Waals surface area contributed by atoms with Crippen molar-refractivity contribution < 1.29 is 19.8 Å². The van der Waals surface area contributed by atoms with Crippen molar-refractivity contribution in [2.24, 2.45) is 0 Å². The van der Waals surface area contributed by atoms with Crippen LogP contribution in [0.3, 0.4) is 0 Å². The van der Waals surface area contributed by atoms with Gasteiger partial charge in [-0.2, -0.15) is 0 Å². The molecule has 68 valence electrons. The summed E-state index contributed by atoms with van der Waals surface area (Å²) in [5.41, 5.74) is 4.30. The molecule has 0 spiro atoms. The van der Waals surface area contributed by atoms with Gasteiger partial charge in [0, 0.05) is 6.54 Å². The highest BCUT2D eigenvalue weighted by atomic mass is 16.4. The average molecular weight is 174 g/mol. The standard InChI is InChI=1S/C6H10N2O4/c1-2-7-8-4(6(11)12)3-5(9)10/h3,7-8H,2H2,1H3,(H,9,10)(H,11,12)/b4-3+. The molecule has 0 aromatic carbocycles. The van der Waals surface area contributed by atoms with E-state index in [4.69, 9.17) is 10.2 Å². The Labute approximate surface area is 68.9 Å². The Kier molecular flexibility index (Phi) is 4.47. The van der Waals surface area contributed by atoms with E-state index < -0.39 is 17.6 Å². The van der Waals surface area contributed by atoms with Crippen molar-refractivity contribution in [1.29, 1.82) is 0 Å². The lowest BCUT2D eigenvalue weighted by Crippen LogP contribution is -2.34. The van der Waals surface area contributed by atoms with Crippen LogP contribution >= 0.6 is 0 Å². The van der Waals surface area contributed by atoms with Gasteiger partial charge in [0.1, 0.15) is 5.70 Å². The van der Waals surface area contributed by atoms with Crippen LogP contribution < -0.4 is 10.9 Å². The minimum atomic E-state index is -1.32. The summed E-state index contributed by atoms with van der Waals surface area (Å²) >= 11 is 0. The lowest BCUT2D eigenvalue weighted by molar-refractivity contribution is -0.135. The predicted octanol–water partition coefficient (Wildman–Crippen LogP) is -0.846. The number of carboxylic acids is 2. The van der Waals surface area contributed by atoms with Gasteiger partial charge < -0.3 is 15.6 Å². The van der Waals surface area contributed by atoms with Crippen LogP contribution in [0.4, 0.5) is 0 Å². The fourth-order valence-electron chi connectivity index (χ4n) is 0.458. The first-order chi connectivity index (χ1) is 5.57. The van der Waals surface area contributed by atoms with E-state index in [0.29, 0.717) is 12.6 Å². The van der Waals surface area contributed by atoms with Gasteiger partial charge >= 0.3 is 11.9 Å². The Bertz CT molecular complexity index is 212. The fourth-order valence-corrected chi connectivity index (χ4v) is 0.458. The smallest absolute Gasteiger partial charge is 0.353 e. The summed E-state index contributed by atoms with van der Waals surface area (Å²) in [7, 11) is 0. The zero-order valence-corrected chi connectivity index (χ0v) is 6.50. The Morgan fingerprint density at radius 2 is 2.00 bits per heavy atom. The summed E-state index contributed by atoms with van der Waals surface area (Å²) in [6.45, 7) is 2.23. The molecule has 0 saturated heterocycles. The van der Waals surface area contributed by atoms with E-state index >= 15 is 0 Å². The molecule has 0 heterocycles. The maximum Gasteiger partial charge on any atom is 0.353 e. The van der Waals surface area contributed by atoms with Gasteiger partial charge in [-0.25, -0.2) is 15.0 Å². The van der Waals surface area contributed by atoms with E-state index in [-0.39, 0.29) is 0 Å². The zero-order valence-electron chi connectivity index (χ0n) is 6.50. The van der Waals surface area contributed by atoms with Crippen LogP contribution in [0.15, 0.2) is 11.8 Å². The van der Waals surface area contributed by atoms with E-state index in [1.54, 1.807) is 6.92 Å². The van der Waals surface area contributed by atoms with Crippen molar-refractivity contribution in [2.45, 2.75) is 6.92 Å². The van der Waals surface area contributed by atoms with Crippen molar-refractivity contribution >= 4 is 11.9 Å². The second kappa shape index (κ2) is 5.14. The van der Waals surface area contributed by atoms with E-state index in [1.807, 2.05) is 0 Å². The SMILES string of the molecule is CCNN/C(=C/C(=O)O)C(=O)O. The molecule has 0 unspecified atom stereocenters. The summed E-state index contributed by atoms with van der Waals surface area (Å²) in [5.74, 6) is -2.63. The number of carbonyl (C=O) groups is 2. The molecular formula is C6H10N2O4. The highest BCUT2D eigenvalue weighted by molar-refractivity contribution is 5.93. The first-order valence-corrected chi connectivity index (χ1v) is 3.24. The number of carboxylic acid groups (broad SMARTS) is 2. The van der Waals surface area contributed by atoms with Crippen molar-refractivity contribution in [2.75, 3.05) is 6.54 Å². The molecule has 0 saturated carbocycles. The largest absolute Gasteiger partial charge is 0.478 e. The third-order valence-electron chi connectivity index (χ3n) is 0.898. The van der Waals surface area contributed by atoms with Gasteiger partial charge in [0.05, 0.1) is 6.08 Å². The number of rotatable bonds is 5. The minimum absolute atomic E-state index is 0.399. The van der Waals surface area contributed by atoms with Crippen molar-refractivity contribution in [3.8, 4) is 0 Å². The number of hydrogen-bond donors (Lipinski definition) is 4. The molecular weight excluding hydrogens is 164 g/mol. The highest BCUT2D eigenvalue weighted by Crippen LogP contribution is 1.86. The molecule has 0 atom stereocenters. The van der Waals surface area contributed by atoms with Crippen LogP contribution in [0.1, 0.15) is 6.92 Å². The molecule has 0 aliphatic heterocycles. The lowest BCUT2D eigenvalue weighted by Gasteiger charge is -2.04. The summed E-state index contributed by atoms with van der Waals surface area (Å²) in [6.07, 6.45) is 0.574. The third-order valence-corrected chi connectivity index (χ3v) is 0.898. The number of hydrazine groups is 1. The summed E-state index contributed by atoms with van der Waals surface area (Å²) in [5, 5.41) is 16.6. The zero-order chi connectivity index (χ0) is 9.56. The number of aliphatic carboxylic acids is 2. The number of nitrogens with one attached hydrogen (secondary N) is 2. The minimum Gasteiger partial charge on any atom is -0.478 e. The second-order valence-electron chi connectivity index (χ2n) is 1.86. The van der Waals surface area contributed by atoms with E-state index in [9.17, 15) is 9.59 Å². The molecule has 6 nitrogen and oxygen atoms in total. The maximum atomic E-state index is 10.3. The van der Waals surface area contributed by atoms with Crippen molar-refractivity contribution in [3.63, 3.8) is 0 Å². The predicted molar refractivity (Wildman–Crippen MR) is 40.2 cm³/mol. The summed E-state index contributed by atoms with van der Waals surface area (Å²) in [6, 6.07) is 0. The Morgan fingerprint density at radius 1 is 1.42 bits per heavy atom. The monoisotopic (exact) mass is 174 g/mol. The van der Waals surface area contributed by atoms with Crippen LogP contribution in [0.25, 0.3) is 0 Å². The molecule has 0 aliphatic rings. The third kappa shape index (κ3) is 4.29. The molecule has 0 rings (SSSR count). The van der Waals surface area contributed by atoms with Crippen LogP contribution in [-0.4, -0.2) is 28.7 Å². The van der Waals surface area contributed by atoms with Gasteiger partial charge in [0.15, 0.2) is 0 Å². The molecule has 0 radical (unpaired) electrons. The molecule has 12 heavy (non-hydrogen) atoms. The van der Waals surface area contributed by atoms with Crippen LogP contribution in [0.2, 0.25) is 0 Å². The van der Waals surface area contributed by atoms with Gasteiger partial charge in [0.25, 0.3) is 0 Å². The Morgan fingerprint density at radius 3 is 2.33 bits per heavy atom. The topological polar surface area (TPSA) is 98.7 Å². The quantitative estimate of drug-likeness (QED) is 0.320. The molecule has 6 heteroatoms. The van der Waals surface area contributed by atoms with Crippen LogP contribution in [0.5, 0.6) is 0 Å². The van der Waals surface area contributed by atoms with Crippen molar-refractivity contribution in [3.05, 3.63) is 11.8 Å². The average Bonchev–Trinajstić information content (AvgIpc) is 1.96. The highest BCUT2D eigenvalue weighted by Gasteiger charge is 2.07. The Hall–Kier alpha value is -1.56. The molecule has 0 aliphatic carbocycles. The van der Waals surface area contributed by atoms with Gasteiger partial charge in [0.2, 0.25) is 0 Å². The summed E-state index contributed by atoms with van der Waals surface area (Å²) in [4.78, 5) is 20.4. The molecule has 4 N–H and O–H groups in total. The van der Waals surface area contributed by atoms with Crippen LogP contribution in [0, 0.1) is 0 Å². The Balaban J connectivity index is 4.23. The maximum absolute atomic E-state index is 10.3. The molecule has 0 bridgehead atoms. The van der Waals surface area contributed by atoms with E-state index in [1.165, 1.54) is 0 Å². The fraction of sp³-hybridized carbons (Fsp3) is 0.333. The molecule has 0 fully saturated rings. The normalized spacial score (nSPS) is 10.9. The van der Waals surface area contributed by atoms with Crippen molar-refractivity contribution in [1.82, 2.24) is 10.9 Å².